The third kappa shape index (κ3) is 5.27. The summed E-state index contributed by atoms with van der Waals surface area (Å²) in [5.41, 5.74) is 0. The highest BCUT2D eigenvalue weighted by molar-refractivity contribution is 7.92. The van der Waals surface area contributed by atoms with Gasteiger partial charge in [-0.2, -0.15) is 0 Å². The van der Waals surface area contributed by atoms with Crippen LogP contribution in [0.15, 0.2) is 0 Å². The van der Waals surface area contributed by atoms with Gasteiger partial charge in [0.1, 0.15) is 0 Å². The summed E-state index contributed by atoms with van der Waals surface area (Å²) in [6.07, 6.45) is 7.65. The van der Waals surface area contributed by atoms with E-state index in [1.54, 1.807) is 0 Å². The first-order valence-corrected chi connectivity index (χ1v) is 9.10. The fourth-order valence-electron chi connectivity index (χ4n) is 2.49. The van der Waals surface area contributed by atoms with E-state index in [2.05, 4.69) is 5.32 Å². The van der Waals surface area contributed by atoms with Crippen molar-refractivity contribution in [3.05, 3.63) is 0 Å². The van der Waals surface area contributed by atoms with Gasteiger partial charge in [0.05, 0.1) is 11.0 Å². The molecule has 1 rings (SSSR count). The average molecular weight is 275 g/mol. The molecule has 18 heavy (non-hydrogen) atoms. The minimum absolute atomic E-state index is 0.202. The molecule has 1 fully saturated rings. The maximum atomic E-state index is 12.0. The van der Waals surface area contributed by atoms with E-state index in [4.69, 9.17) is 0 Å². The summed E-state index contributed by atoms with van der Waals surface area (Å²) in [5.74, 6) is 0.482. The minimum Gasteiger partial charge on any atom is -0.313 e. The van der Waals surface area contributed by atoms with Crippen LogP contribution in [-0.4, -0.2) is 32.0 Å². The van der Waals surface area contributed by atoms with Crippen molar-refractivity contribution in [3.63, 3.8) is 0 Å². The van der Waals surface area contributed by atoms with Gasteiger partial charge >= 0.3 is 0 Å². The van der Waals surface area contributed by atoms with Gasteiger partial charge in [-0.3, -0.25) is 0 Å². The fraction of sp³-hybridized carbons (Fsp3) is 1.00. The van der Waals surface area contributed by atoms with Crippen molar-refractivity contribution in [2.45, 2.75) is 70.6 Å². The zero-order valence-corrected chi connectivity index (χ0v) is 12.9. The van der Waals surface area contributed by atoms with Gasteiger partial charge in [-0.15, -0.1) is 0 Å². The first-order valence-electron chi connectivity index (χ1n) is 7.38. The van der Waals surface area contributed by atoms with Crippen LogP contribution in [0.5, 0.6) is 0 Å². The van der Waals surface area contributed by atoms with Crippen LogP contribution in [0.4, 0.5) is 0 Å². The van der Waals surface area contributed by atoms with Gasteiger partial charge in [0.15, 0.2) is 9.84 Å². The molecular formula is C14H29NO2S. The first-order chi connectivity index (χ1) is 8.43. The lowest BCUT2D eigenvalue weighted by atomic mass is 10.1. The Morgan fingerprint density at radius 2 is 1.61 bits per heavy atom. The van der Waals surface area contributed by atoms with Gasteiger partial charge in [-0.25, -0.2) is 8.42 Å². The van der Waals surface area contributed by atoms with Gasteiger partial charge in [0, 0.05) is 12.6 Å². The topological polar surface area (TPSA) is 46.2 Å². The number of sulfone groups is 1. The Bertz CT molecular complexity index is 317. The van der Waals surface area contributed by atoms with Crippen molar-refractivity contribution in [1.82, 2.24) is 5.32 Å². The van der Waals surface area contributed by atoms with E-state index in [9.17, 15) is 8.42 Å². The Hall–Kier alpha value is -0.0900. The van der Waals surface area contributed by atoms with Gasteiger partial charge in [0.25, 0.3) is 0 Å². The van der Waals surface area contributed by atoms with E-state index in [1.165, 1.54) is 38.5 Å². The lowest BCUT2D eigenvalue weighted by molar-refractivity contribution is 0.469. The quantitative estimate of drug-likeness (QED) is 0.758. The molecule has 0 radical (unpaired) electrons. The molecule has 1 saturated carbocycles. The Balaban J connectivity index is 2.31. The summed E-state index contributed by atoms with van der Waals surface area (Å²) in [4.78, 5) is 0. The van der Waals surface area contributed by atoms with Crippen LogP contribution in [-0.2, 0) is 9.84 Å². The van der Waals surface area contributed by atoms with E-state index in [0.29, 0.717) is 12.6 Å². The second-order valence-corrected chi connectivity index (χ2v) is 8.44. The molecule has 0 aromatic carbocycles. The maximum absolute atomic E-state index is 12.0. The summed E-state index contributed by atoms with van der Waals surface area (Å²) in [5, 5.41) is 3.20. The third-order valence-electron chi connectivity index (χ3n) is 4.18. The lowest BCUT2D eigenvalue weighted by Gasteiger charge is -2.19. The van der Waals surface area contributed by atoms with E-state index in [1.807, 2.05) is 20.8 Å². The molecule has 1 N–H and O–H groups in total. The minimum atomic E-state index is -2.93. The molecule has 0 heterocycles. The molecule has 1 aliphatic rings. The standard InChI is InChI=1S/C14H29NO2S/c1-12(2)13(3)18(16,17)11-10-15-14-8-6-4-5-7-9-14/h12-15H,4-11H2,1-3H3. The SMILES string of the molecule is CC(C)C(C)S(=O)(=O)CCNC1CCCCCC1. The predicted octanol–water partition coefficient (Wildman–Crippen LogP) is 2.76. The van der Waals surface area contributed by atoms with Crippen molar-refractivity contribution in [1.29, 1.82) is 0 Å². The summed E-state index contributed by atoms with van der Waals surface area (Å²) < 4.78 is 24.1. The van der Waals surface area contributed by atoms with Gasteiger partial charge in [0.2, 0.25) is 0 Å². The highest BCUT2D eigenvalue weighted by Gasteiger charge is 2.23. The second kappa shape index (κ2) is 7.49. The largest absolute Gasteiger partial charge is 0.313 e. The Labute approximate surface area is 113 Å². The van der Waals surface area contributed by atoms with Crippen LogP contribution in [0, 0.1) is 5.92 Å². The summed E-state index contributed by atoms with van der Waals surface area (Å²) >= 11 is 0. The molecular weight excluding hydrogens is 246 g/mol. The van der Waals surface area contributed by atoms with Crippen molar-refractivity contribution in [3.8, 4) is 0 Å². The second-order valence-electron chi connectivity index (χ2n) is 5.96. The molecule has 0 aromatic heterocycles. The smallest absolute Gasteiger partial charge is 0.154 e. The molecule has 1 aliphatic carbocycles. The summed E-state index contributed by atoms with van der Waals surface area (Å²) in [7, 11) is -2.93. The third-order valence-corrected chi connectivity index (χ3v) is 6.63. The van der Waals surface area contributed by atoms with E-state index in [0.717, 1.165) is 0 Å². The number of nitrogens with one attached hydrogen (secondary N) is 1. The summed E-state index contributed by atoms with van der Waals surface area (Å²) in [6, 6.07) is 0.539. The Morgan fingerprint density at radius 1 is 1.06 bits per heavy atom. The van der Waals surface area contributed by atoms with Gasteiger partial charge < -0.3 is 5.32 Å². The predicted molar refractivity (Wildman–Crippen MR) is 77.6 cm³/mol. The van der Waals surface area contributed by atoms with Crippen LogP contribution < -0.4 is 5.32 Å². The summed E-state index contributed by atoms with van der Waals surface area (Å²) in [6.45, 7) is 6.39. The monoisotopic (exact) mass is 275 g/mol. The molecule has 4 heteroatoms. The van der Waals surface area contributed by atoms with Crippen LogP contribution in [0.1, 0.15) is 59.3 Å². The molecule has 0 spiro atoms. The zero-order chi connectivity index (χ0) is 13.6. The lowest BCUT2D eigenvalue weighted by Crippen LogP contribution is -2.36. The normalized spacial score (nSPS) is 20.9. The molecule has 1 atom stereocenters. The van der Waals surface area contributed by atoms with Crippen molar-refractivity contribution in [2.75, 3.05) is 12.3 Å². The zero-order valence-electron chi connectivity index (χ0n) is 12.1. The van der Waals surface area contributed by atoms with Gasteiger partial charge in [-0.05, 0) is 25.7 Å². The van der Waals surface area contributed by atoms with E-state index in [-0.39, 0.29) is 16.9 Å². The van der Waals surface area contributed by atoms with Crippen LogP contribution in [0.2, 0.25) is 0 Å². The molecule has 0 saturated heterocycles. The molecule has 0 aliphatic heterocycles. The first kappa shape index (κ1) is 16.0. The number of rotatable bonds is 6. The van der Waals surface area contributed by atoms with E-state index >= 15 is 0 Å². The average Bonchev–Trinajstić information content (AvgIpc) is 2.56. The van der Waals surface area contributed by atoms with Crippen LogP contribution in [0.25, 0.3) is 0 Å². The molecule has 0 bridgehead atoms. The van der Waals surface area contributed by atoms with Crippen molar-refractivity contribution >= 4 is 9.84 Å². The maximum Gasteiger partial charge on any atom is 0.154 e. The Kier molecular flexibility index (Phi) is 6.64. The van der Waals surface area contributed by atoms with Crippen LogP contribution >= 0.6 is 0 Å². The van der Waals surface area contributed by atoms with Crippen molar-refractivity contribution in [2.24, 2.45) is 5.92 Å². The Morgan fingerprint density at radius 3 is 2.11 bits per heavy atom. The fourth-order valence-corrected chi connectivity index (χ4v) is 4.09. The molecule has 0 amide bonds. The van der Waals surface area contributed by atoms with E-state index < -0.39 is 9.84 Å². The number of hydrogen-bond acceptors (Lipinski definition) is 3. The molecule has 0 aromatic rings. The molecule has 3 nitrogen and oxygen atoms in total. The highest BCUT2D eigenvalue weighted by Crippen LogP contribution is 2.17. The molecule has 1 unspecified atom stereocenters. The highest BCUT2D eigenvalue weighted by atomic mass is 32.2. The van der Waals surface area contributed by atoms with Crippen LogP contribution in [0.3, 0.4) is 0 Å². The van der Waals surface area contributed by atoms with Crippen molar-refractivity contribution < 1.29 is 8.42 Å². The number of hydrogen-bond donors (Lipinski definition) is 1. The van der Waals surface area contributed by atoms with Gasteiger partial charge in [-0.1, -0.05) is 39.5 Å². The molecule has 108 valence electrons.